The molecule has 2 rings (SSSR count). The van der Waals surface area contributed by atoms with Crippen molar-refractivity contribution in [2.45, 2.75) is 25.9 Å². The van der Waals surface area contributed by atoms with Crippen LogP contribution in [0.1, 0.15) is 24.2 Å². The van der Waals surface area contributed by atoms with Crippen LogP contribution in [0.15, 0.2) is 28.8 Å². The average Bonchev–Trinajstić information content (AvgIpc) is 2.68. The lowest BCUT2D eigenvalue weighted by molar-refractivity contribution is 0.191. The number of aliphatic hydroxyl groups excluding tert-OH is 1. The highest BCUT2D eigenvalue weighted by Crippen LogP contribution is 2.13. The normalized spacial score (nSPS) is 12.6. The fourth-order valence-corrected chi connectivity index (χ4v) is 1.61. The van der Waals surface area contributed by atoms with E-state index in [9.17, 15) is 5.11 Å². The fourth-order valence-electron chi connectivity index (χ4n) is 1.49. The van der Waals surface area contributed by atoms with Crippen molar-refractivity contribution < 1.29 is 9.63 Å². The minimum atomic E-state index is -0.462. The summed E-state index contributed by atoms with van der Waals surface area (Å²) >= 11 is 5.80. The van der Waals surface area contributed by atoms with Crippen LogP contribution in [0.3, 0.4) is 0 Å². The van der Waals surface area contributed by atoms with Gasteiger partial charge in [0.25, 0.3) is 0 Å². The van der Waals surface area contributed by atoms with E-state index in [2.05, 4.69) is 10.1 Å². The Morgan fingerprint density at radius 3 is 2.71 bits per heavy atom. The number of rotatable bonds is 4. The highest BCUT2D eigenvalue weighted by atomic mass is 35.5. The summed E-state index contributed by atoms with van der Waals surface area (Å²) in [5, 5.41) is 13.7. The zero-order valence-electron chi connectivity index (χ0n) is 9.43. The van der Waals surface area contributed by atoms with Gasteiger partial charge < -0.3 is 9.63 Å². The first-order valence-electron chi connectivity index (χ1n) is 5.37. The lowest BCUT2D eigenvalue weighted by Crippen LogP contribution is -2.05. The molecule has 0 aliphatic rings. The van der Waals surface area contributed by atoms with Crippen molar-refractivity contribution in [2.24, 2.45) is 0 Å². The Hall–Kier alpha value is -1.39. The third-order valence-electron chi connectivity index (χ3n) is 2.26. The van der Waals surface area contributed by atoms with Gasteiger partial charge in [-0.05, 0) is 24.6 Å². The van der Waals surface area contributed by atoms with E-state index in [1.165, 1.54) is 0 Å². The van der Waals surface area contributed by atoms with Gasteiger partial charge >= 0.3 is 0 Å². The zero-order chi connectivity index (χ0) is 12.3. The molecule has 1 aromatic carbocycles. The Bertz CT molecular complexity index is 480. The van der Waals surface area contributed by atoms with Crippen LogP contribution in [-0.4, -0.2) is 21.4 Å². The third-order valence-corrected chi connectivity index (χ3v) is 2.51. The summed E-state index contributed by atoms with van der Waals surface area (Å²) in [5.74, 6) is 1.08. The molecule has 0 saturated carbocycles. The van der Waals surface area contributed by atoms with E-state index in [0.29, 0.717) is 29.6 Å². The average molecular weight is 253 g/mol. The molecule has 1 N–H and O–H groups in total. The SMILES string of the molecule is CC(O)Cc1noc(Cc2ccc(Cl)cc2)n1. The minimum Gasteiger partial charge on any atom is -0.393 e. The third kappa shape index (κ3) is 3.54. The predicted molar refractivity (Wildman–Crippen MR) is 63.9 cm³/mol. The Morgan fingerprint density at radius 2 is 2.06 bits per heavy atom. The van der Waals surface area contributed by atoms with Gasteiger partial charge in [0.1, 0.15) is 0 Å². The van der Waals surface area contributed by atoms with Gasteiger partial charge in [0.15, 0.2) is 5.82 Å². The maximum Gasteiger partial charge on any atom is 0.231 e. The molecular weight excluding hydrogens is 240 g/mol. The summed E-state index contributed by atoms with van der Waals surface area (Å²) in [4.78, 5) is 4.20. The van der Waals surface area contributed by atoms with E-state index < -0.39 is 6.10 Å². The maximum absolute atomic E-state index is 9.20. The van der Waals surface area contributed by atoms with E-state index in [4.69, 9.17) is 16.1 Å². The van der Waals surface area contributed by atoms with Gasteiger partial charge in [-0.2, -0.15) is 4.98 Å². The van der Waals surface area contributed by atoms with Crippen LogP contribution in [0.5, 0.6) is 0 Å². The number of nitrogens with zero attached hydrogens (tertiary/aromatic N) is 2. The molecule has 0 bridgehead atoms. The number of aliphatic hydroxyl groups is 1. The predicted octanol–water partition coefficient (Wildman–Crippen LogP) is 2.24. The maximum atomic E-state index is 9.20. The number of hydrogen-bond acceptors (Lipinski definition) is 4. The smallest absolute Gasteiger partial charge is 0.231 e. The largest absolute Gasteiger partial charge is 0.393 e. The minimum absolute atomic E-state index is 0.407. The monoisotopic (exact) mass is 252 g/mol. The molecule has 4 nitrogen and oxygen atoms in total. The van der Waals surface area contributed by atoms with Crippen LogP contribution in [0, 0.1) is 0 Å². The number of benzene rings is 1. The molecule has 0 fully saturated rings. The number of aromatic nitrogens is 2. The fraction of sp³-hybridized carbons (Fsp3) is 0.333. The van der Waals surface area contributed by atoms with Gasteiger partial charge in [0.05, 0.1) is 12.5 Å². The topological polar surface area (TPSA) is 59.2 Å². The quantitative estimate of drug-likeness (QED) is 0.907. The first-order chi connectivity index (χ1) is 8.13. The Labute approximate surface area is 104 Å². The molecule has 0 spiro atoms. The highest BCUT2D eigenvalue weighted by Gasteiger charge is 2.09. The van der Waals surface area contributed by atoms with Crippen molar-refractivity contribution in [2.75, 3.05) is 0 Å². The zero-order valence-corrected chi connectivity index (χ0v) is 10.2. The molecule has 1 heterocycles. The van der Waals surface area contributed by atoms with E-state index in [-0.39, 0.29) is 0 Å². The van der Waals surface area contributed by atoms with E-state index in [1.54, 1.807) is 6.92 Å². The molecule has 1 aromatic heterocycles. The summed E-state index contributed by atoms with van der Waals surface area (Å²) < 4.78 is 5.09. The van der Waals surface area contributed by atoms with E-state index in [1.807, 2.05) is 24.3 Å². The molecule has 1 unspecified atom stereocenters. The lowest BCUT2D eigenvalue weighted by atomic mass is 10.1. The van der Waals surface area contributed by atoms with Crippen LogP contribution in [-0.2, 0) is 12.8 Å². The Kier molecular flexibility index (Phi) is 3.76. The second-order valence-corrected chi connectivity index (χ2v) is 4.40. The van der Waals surface area contributed by atoms with Gasteiger partial charge in [-0.1, -0.05) is 28.9 Å². The summed E-state index contributed by atoms with van der Waals surface area (Å²) in [6, 6.07) is 7.48. The van der Waals surface area contributed by atoms with Crippen molar-refractivity contribution in [3.63, 3.8) is 0 Å². The van der Waals surface area contributed by atoms with Crippen LogP contribution in [0.4, 0.5) is 0 Å². The molecule has 0 aliphatic heterocycles. The van der Waals surface area contributed by atoms with Crippen molar-refractivity contribution in [1.82, 2.24) is 10.1 Å². The molecule has 0 radical (unpaired) electrons. The van der Waals surface area contributed by atoms with Gasteiger partial charge in [-0.3, -0.25) is 0 Å². The molecule has 0 aliphatic carbocycles. The van der Waals surface area contributed by atoms with Crippen LogP contribution < -0.4 is 0 Å². The standard InChI is InChI=1S/C12H13ClN2O2/c1-8(16)6-11-14-12(17-15-11)7-9-2-4-10(13)5-3-9/h2-5,8,16H,6-7H2,1H3. The molecule has 5 heteroatoms. The summed E-state index contributed by atoms with van der Waals surface area (Å²) in [6.45, 7) is 1.69. The summed E-state index contributed by atoms with van der Waals surface area (Å²) in [6.07, 6.45) is 0.518. The van der Waals surface area contributed by atoms with Crippen LogP contribution >= 0.6 is 11.6 Å². The van der Waals surface area contributed by atoms with Crippen molar-refractivity contribution in [3.8, 4) is 0 Å². The molecule has 0 amide bonds. The molecule has 1 atom stereocenters. The van der Waals surface area contributed by atoms with Crippen LogP contribution in [0.25, 0.3) is 0 Å². The van der Waals surface area contributed by atoms with Crippen LogP contribution in [0.2, 0.25) is 5.02 Å². The lowest BCUT2D eigenvalue weighted by Gasteiger charge is -1.97. The van der Waals surface area contributed by atoms with Gasteiger partial charge in [-0.15, -0.1) is 0 Å². The number of hydrogen-bond donors (Lipinski definition) is 1. The van der Waals surface area contributed by atoms with E-state index >= 15 is 0 Å². The second kappa shape index (κ2) is 5.29. The van der Waals surface area contributed by atoms with Crippen molar-refractivity contribution >= 4 is 11.6 Å². The van der Waals surface area contributed by atoms with Gasteiger partial charge in [0, 0.05) is 11.4 Å². The number of halogens is 1. The highest BCUT2D eigenvalue weighted by molar-refractivity contribution is 6.30. The Balaban J connectivity index is 2.03. The first kappa shape index (κ1) is 12.1. The molecule has 0 saturated heterocycles. The summed E-state index contributed by atoms with van der Waals surface area (Å²) in [5.41, 5.74) is 1.06. The summed E-state index contributed by atoms with van der Waals surface area (Å²) in [7, 11) is 0. The molecular formula is C12H13ClN2O2. The molecule has 17 heavy (non-hydrogen) atoms. The molecule has 90 valence electrons. The van der Waals surface area contributed by atoms with Gasteiger partial charge in [0.2, 0.25) is 5.89 Å². The second-order valence-electron chi connectivity index (χ2n) is 3.96. The van der Waals surface area contributed by atoms with Crippen molar-refractivity contribution in [1.29, 1.82) is 0 Å². The molecule has 2 aromatic rings. The van der Waals surface area contributed by atoms with E-state index in [0.717, 1.165) is 5.56 Å². The van der Waals surface area contributed by atoms with Gasteiger partial charge in [-0.25, -0.2) is 0 Å². The Morgan fingerprint density at radius 1 is 1.35 bits per heavy atom. The first-order valence-corrected chi connectivity index (χ1v) is 5.75. The van der Waals surface area contributed by atoms with Crippen molar-refractivity contribution in [3.05, 3.63) is 46.6 Å².